The van der Waals surface area contributed by atoms with E-state index in [-0.39, 0.29) is 17.9 Å². The molecule has 1 aliphatic heterocycles. The summed E-state index contributed by atoms with van der Waals surface area (Å²) in [5.74, 6) is 1.03. The van der Waals surface area contributed by atoms with Gasteiger partial charge in [0.05, 0.1) is 0 Å². The number of hydrogen-bond acceptors (Lipinski definition) is 5. The van der Waals surface area contributed by atoms with E-state index in [4.69, 9.17) is 16.1 Å². The highest BCUT2D eigenvalue weighted by atomic mass is 35.5. The number of aryl methyl sites for hydroxylation is 1. The van der Waals surface area contributed by atoms with Gasteiger partial charge in [0.2, 0.25) is 0 Å². The monoisotopic (exact) mass is 396 g/mol. The number of rotatable bonds is 3. The van der Waals surface area contributed by atoms with Gasteiger partial charge in [0.25, 0.3) is 11.8 Å². The molecule has 1 aliphatic rings. The Bertz CT molecular complexity index is 1000. The highest BCUT2D eigenvalue weighted by molar-refractivity contribution is 6.30. The summed E-state index contributed by atoms with van der Waals surface area (Å²) in [6, 6.07) is 12.9. The number of carbonyl (C=O) groups excluding carboxylic acids is 1. The predicted octanol–water partition coefficient (Wildman–Crippen LogP) is 4.50. The van der Waals surface area contributed by atoms with Gasteiger partial charge < -0.3 is 9.42 Å². The zero-order valence-corrected chi connectivity index (χ0v) is 16.6. The van der Waals surface area contributed by atoms with Gasteiger partial charge in [0.1, 0.15) is 5.69 Å². The molecule has 1 fully saturated rings. The molecule has 0 aliphatic carbocycles. The third kappa shape index (κ3) is 3.78. The van der Waals surface area contributed by atoms with Crippen LogP contribution in [-0.2, 0) is 0 Å². The molecule has 6 nitrogen and oxygen atoms in total. The molecule has 3 heterocycles. The molecule has 7 heteroatoms. The van der Waals surface area contributed by atoms with Crippen molar-refractivity contribution in [2.75, 3.05) is 6.54 Å². The van der Waals surface area contributed by atoms with E-state index in [1.165, 1.54) is 0 Å². The number of carbonyl (C=O) groups is 1. The minimum absolute atomic E-state index is 0.0243. The number of nitrogens with zero attached hydrogens (tertiary/aromatic N) is 4. The quantitative estimate of drug-likeness (QED) is 0.651. The number of pyridine rings is 1. The van der Waals surface area contributed by atoms with Crippen molar-refractivity contribution in [1.29, 1.82) is 0 Å². The van der Waals surface area contributed by atoms with E-state index >= 15 is 0 Å². The Labute approximate surface area is 168 Å². The number of aromatic nitrogens is 3. The maximum absolute atomic E-state index is 13.0. The molecule has 1 amide bonds. The fourth-order valence-corrected chi connectivity index (χ4v) is 3.75. The maximum Gasteiger partial charge on any atom is 0.276 e. The normalized spacial score (nSPS) is 19.6. The third-order valence-electron chi connectivity index (χ3n) is 5.13. The summed E-state index contributed by atoms with van der Waals surface area (Å²) in [6.45, 7) is 4.53. The summed E-state index contributed by atoms with van der Waals surface area (Å²) in [5.41, 5.74) is 2.15. The van der Waals surface area contributed by atoms with Crippen LogP contribution in [0.2, 0.25) is 5.02 Å². The summed E-state index contributed by atoms with van der Waals surface area (Å²) >= 11 is 6.05. The van der Waals surface area contributed by atoms with Gasteiger partial charge in [-0.3, -0.25) is 4.79 Å². The van der Waals surface area contributed by atoms with E-state index in [0.29, 0.717) is 34.5 Å². The summed E-state index contributed by atoms with van der Waals surface area (Å²) in [7, 11) is 0. The topological polar surface area (TPSA) is 72.1 Å². The van der Waals surface area contributed by atoms with Crippen molar-refractivity contribution < 1.29 is 9.32 Å². The first-order valence-electron chi connectivity index (χ1n) is 9.35. The Morgan fingerprint density at radius 3 is 2.79 bits per heavy atom. The summed E-state index contributed by atoms with van der Waals surface area (Å²) < 4.78 is 5.44. The van der Waals surface area contributed by atoms with Gasteiger partial charge >= 0.3 is 0 Å². The Balaban J connectivity index is 1.54. The van der Waals surface area contributed by atoms with Crippen LogP contribution in [0.15, 0.2) is 47.0 Å². The molecule has 0 saturated carbocycles. The zero-order valence-electron chi connectivity index (χ0n) is 15.8. The van der Waals surface area contributed by atoms with E-state index in [0.717, 1.165) is 18.5 Å². The van der Waals surface area contributed by atoms with Crippen LogP contribution < -0.4 is 0 Å². The summed E-state index contributed by atoms with van der Waals surface area (Å²) in [6.07, 6.45) is 1.78. The van der Waals surface area contributed by atoms with Gasteiger partial charge in [-0.1, -0.05) is 28.9 Å². The van der Waals surface area contributed by atoms with Crippen molar-refractivity contribution in [3.63, 3.8) is 0 Å². The Kier molecular flexibility index (Phi) is 5.13. The number of halogens is 1. The SMILES string of the molecule is Cc1cccc(-c2nc(C3CCC(C)N(C(=O)c4cccc(Cl)c4)C3)no2)n1. The van der Waals surface area contributed by atoms with E-state index in [1.54, 1.807) is 24.3 Å². The Morgan fingerprint density at radius 2 is 2.00 bits per heavy atom. The molecule has 3 aromatic rings. The second kappa shape index (κ2) is 7.72. The van der Waals surface area contributed by atoms with Crippen molar-refractivity contribution in [2.45, 2.75) is 38.6 Å². The van der Waals surface area contributed by atoms with Crippen LogP contribution in [0.1, 0.15) is 47.6 Å². The first-order chi connectivity index (χ1) is 13.5. The van der Waals surface area contributed by atoms with Crippen molar-refractivity contribution in [2.24, 2.45) is 0 Å². The Morgan fingerprint density at radius 1 is 1.18 bits per heavy atom. The fourth-order valence-electron chi connectivity index (χ4n) is 3.55. The molecule has 0 bridgehead atoms. The molecular formula is C21H21ClN4O2. The highest BCUT2D eigenvalue weighted by Gasteiger charge is 2.33. The molecule has 0 spiro atoms. The van der Waals surface area contributed by atoms with Gasteiger partial charge in [0, 0.05) is 34.8 Å². The lowest BCUT2D eigenvalue weighted by atomic mass is 9.92. The van der Waals surface area contributed by atoms with Gasteiger partial charge in [-0.15, -0.1) is 0 Å². The third-order valence-corrected chi connectivity index (χ3v) is 5.36. The van der Waals surface area contributed by atoms with Crippen molar-refractivity contribution in [3.05, 3.63) is 64.6 Å². The lowest BCUT2D eigenvalue weighted by Gasteiger charge is -2.37. The summed E-state index contributed by atoms with van der Waals surface area (Å²) in [4.78, 5) is 23.9. The minimum Gasteiger partial charge on any atom is -0.335 e. The van der Waals surface area contributed by atoms with E-state index in [2.05, 4.69) is 22.0 Å². The molecule has 1 aromatic carbocycles. The van der Waals surface area contributed by atoms with Crippen molar-refractivity contribution >= 4 is 17.5 Å². The van der Waals surface area contributed by atoms with Crippen LogP contribution in [0.25, 0.3) is 11.6 Å². The van der Waals surface area contributed by atoms with Crippen molar-refractivity contribution in [3.8, 4) is 11.6 Å². The van der Waals surface area contributed by atoms with Gasteiger partial charge in [-0.25, -0.2) is 4.98 Å². The Hall–Kier alpha value is -2.73. The van der Waals surface area contributed by atoms with Crippen LogP contribution >= 0.6 is 11.6 Å². The first kappa shape index (κ1) is 18.6. The standard InChI is InChI=1S/C21H21ClN4O2/c1-13-5-3-8-18(23-13)20-24-19(25-28-20)16-10-9-14(2)26(12-16)21(27)15-6-4-7-17(22)11-15/h3-8,11,14,16H,9-10,12H2,1-2H3. The second-order valence-electron chi connectivity index (χ2n) is 7.21. The zero-order chi connectivity index (χ0) is 19.7. The number of likely N-dealkylation sites (tertiary alicyclic amines) is 1. The molecule has 1 saturated heterocycles. The number of hydrogen-bond donors (Lipinski definition) is 0. The van der Waals surface area contributed by atoms with Crippen LogP contribution in [-0.4, -0.2) is 38.5 Å². The lowest BCUT2D eigenvalue weighted by Crippen LogP contribution is -2.45. The molecule has 0 radical (unpaired) electrons. The summed E-state index contributed by atoms with van der Waals surface area (Å²) in [5, 5.41) is 4.72. The van der Waals surface area contributed by atoms with E-state index in [9.17, 15) is 4.79 Å². The maximum atomic E-state index is 13.0. The van der Waals surface area contributed by atoms with Gasteiger partial charge in [-0.05, 0) is 57.0 Å². The number of amides is 1. The second-order valence-corrected chi connectivity index (χ2v) is 7.65. The number of benzene rings is 1. The highest BCUT2D eigenvalue weighted by Crippen LogP contribution is 2.31. The van der Waals surface area contributed by atoms with Crippen LogP contribution in [0.5, 0.6) is 0 Å². The fraction of sp³-hybridized carbons (Fsp3) is 0.333. The smallest absolute Gasteiger partial charge is 0.276 e. The predicted molar refractivity (Wildman–Crippen MR) is 106 cm³/mol. The molecule has 2 unspecified atom stereocenters. The average molecular weight is 397 g/mol. The lowest BCUT2D eigenvalue weighted by molar-refractivity contribution is 0.0605. The molecule has 0 N–H and O–H groups in total. The van der Waals surface area contributed by atoms with Gasteiger partial charge in [0.15, 0.2) is 5.82 Å². The van der Waals surface area contributed by atoms with Gasteiger partial charge in [-0.2, -0.15) is 4.98 Å². The van der Waals surface area contributed by atoms with Crippen LogP contribution in [0, 0.1) is 6.92 Å². The molecule has 144 valence electrons. The van der Waals surface area contributed by atoms with E-state index < -0.39 is 0 Å². The molecule has 4 rings (SSSR count). The molecule has 2 atom stereocenters. The van der Waals surface area contributed by atoms with Crippen LogP contribution in [0.3, 0.4) is 0 Å². The minimum atomic E-state index is -0.0243. The number of piperidine rings is 1. The molecule has 28 heavy (non-hydrogen) atoms. The largest absolute Gasteiger partial charge is 0.335 e. The van der Waals surface area contributed by atoms with Crippen LogP contribution in [0.4, 0.5) is 0 Å². The van der Waals surface area contributed by atoms with E-state index in [1.807, 2.05) is 30.0 Å². The average Bonchev–Trinajstić information content (AvgIpc) is 3.18. The molecular weight excluding hydrogens is 376 g/mol. The molecule has 2 aromatic heterocycles. The first-order valence-corrected chi connectivity index (χ1v) is 9.73. The van der Waals surface area contributed by atoms with Crippen molar-refractivity contribution in [1.82, 2.24) is 20.0 Å².